The summed E-state index contributed by atoms with van der Waals surface area (Å²) >= 11 is 0. The number of hydrogen-bond donors (Lipinski definition) is 1. The van der Waals surface area contributed by atoms with E-state index >= 15 is 4.39 Å². The Morgan fingerprint density at radius 2 is 2.06 bits per heavy atom. The molecule has 0 aliphatic carbocycles. The third kappa shape index (κ3) is 4.23. The van der Waals surface area contributed by atoms with Crippen LogP contribution in [0.5, 0.6) is 5.75 Å². The molecule has 0 bridgehead atoms. The molecule has 166 valence electrons. The fourth-order valence-corrected chi connectivity index (χ4v) is 3.59. The minimum Gasteiger partial charge on any atom is -0.493 e. The number of fused-ring (bicyclic) bond motifs is 1. The van der Waals surface area contributed by atoms with E-state index in [4.69, 9.17) is 11.3 Å². The van der Waals surface area contributed by atoms with Gasteiger partial charge >= 0.3 is 0 Å². The van der Waals surface area contributed by atoms with Crippen molar-refractivity contribution in [2.24, 2.45) is 0 Å². The first-order chi connectivity index (χ1) is 15.9. The summed E-state index contributed by atoms with van der Waals surface area (Å²) in [6.07, 6.45) is 2.99. The second-order valence-corrected chi connectivity index (χ2v) is 7.31. The van der Waals surface area contributed by atoms with Crippen LogP contribution < -0.4 is 4.74 Å². The quantitative estimate of drug-likeness (QED) is 0.416. The third-order valence-electron chi connectivity index (χ3n) is 5.14. The highest BCUT2D eigenvalue weighted by atomic mass is 19.1. The van der Waals surface area contributed by atoms with Gasteiger partial charge in [-0.1, -0.05) is 18.7 Å². The van der Waals surface area contributed by atoms with Crippen molar-refractivity contribution in [2.45, 2.75) is 13.5 Å². The number of aromatic nitrogens is 3. The highest BCUT2D eigenvalue weighted by molar-refractivity contribution is 5.96. The van der Waals surface area contributed by atoms with Crippen molar-refractivity contribution in [2.75, 3.05) is 13.7 Å². The molecule has 7 nitrogen and oxygen atoms in total. The fourth-order valence-electron chi connectivity index (χ4n) is 3.59. The van der Waals surface area contributed by atoms with Gasteiger partial charge in [-0.3, -0.25) is 9.89 Å². The average molecular weight is 447 g/mol. The lowest BCUT2D eigenvalue weighted by atomic mass is 10.0. The first kappa shape index (κ1) is 21.9. The summed E-state index contributed by atoms with van der Waals surface area (Å²) in [6, 6.07) is 8.26. The van der Waals surface area contributed by atoms with Gasteiger partial charge < -0.3 is 14.5 Å². The van der Waals surface area contributed by atoms with Crippen LogP contribution in [0.3, 0.4) is 0 Å². The number of nitrogens with zero attached hydrogens (tertiary/aromatic N) is 4. The Hall–Kier alpha value is -4.32. The number of hydrogen-bond acceptors (Lipinski definition) is 4. The molecular weight excluding hydrogens is 428 g/mol. The molecule has 0 aliphatic heterocycles. The van der Waals surface area contributed by atoms with Gasteiger partial charge in [0.15, 0.2) is 0 Å². The number of halogens is 2. The Labute approximate surface area is 188 Å². The first-order valence-corrected chi connectivity index (χ1v) is 10.1. The van der Waals surface area contributed by atoms with Crippen LogP contribution in [-0.4, -0.2) is 39.6 Å². The van der Waals surface area contributed by atoms with E-state index < -0.39 is 17.5 Å². The molecule has 0 radical (unpaired) electrons. The van der Waals surface area contributed by atoms with E-state index in [1.165, 1.54) is 54.7 Å². The number of benzene rings is 2. The number of pyridine rings is 1. The maximum Gasteiger partial charge on any atom is 0.280 e. The van der Waals surface area contributed by atoms with Gasteiger partial charge in [-0.05, 0) is 36.8 Å². The molecule has 33 heavy (non-hydrogen) atoms. The summed E-state index contributed by atoms with van der Waals surface area (Å²) in [5.41, 5.74) is 1.84. The number of nitrogens with one attached hydrogen (secondary N) is 1. The van der Waals surface area contributed by atoms with Gasteiger partial charge in [-0.2, -0.15) is 5.10 Å². The number of H-pyrrole nitrogens is 1. The Morgan fingerprint density at radius 3 is 2.79 bits per heavy atom. The summed E-state index contributed by atoms with van der Waals surface area (Å²) in [7, 11) is 1.54. The van der Waals surface area contributed by atoms with Crippen molar-refractivity contribution in [3.8, 4) is 16.9 Å². The Balaban J connectivity index is 1.67. The molecule has 0 saturated carbocycles. The molecule has 0 spiro atoms. The summed E-state index contributed by atoms with van der Waals surface area (Å²) < 4.78 is 34.4. The van der Waals surface area contributed by atoms with Crippen LogP contribution in [0, 0.1) is 18.2 Å². The average Bonchev–Trinajstić information content (AvgIpc) is 3.30. The molecule has 1 amide bonds. The lowest BCUT2D eigenvalue weighted by Gasteiger charge is -2.19. The zero-order valence-electron chi connectivity index (χ0n) is 17.9. The second-order valence-electron chi connectivity index (χ2n) is 7.31. The summed E-state index contributed by atoms with van der Waals surface area (Å²) in [5.74, 6) is -1.29. The summed E-state index contributed by atoms with van der Waals surface area (Å²) in [4.78, 5) is 21.9. The maximum absolute atomic E-state index is 15.0. The predicted octanol–water partition coefficient (Wildman–Crippen LogP) is 5.12. The molecular formula is C24H19F2N5O2. The molecule has 0 fully saturated rings. The fraction of sp³-hybridized carbons (Fsp3) is 0.167. The first-order valence-electron chi connectivity index (χ1n) is 10.1. The number of rotatable bonds is 6. The molecule has 0 saturated heterocycles. The SMILES string of the molecule is [C-]#[N+]c1ncc(CN(C)C(=O)c2cc(OCC)c(-c3cccc(F)c3)cc2F)c2[nH]ncc12. The van der Waals surface area contributed by atoms with Crippen LogP contribution in [0.4, 0.5) is 14.6 Å². The largest absolute Gasteiger partial charge is 0.493 e. The smallest absolute Gasteiger partial charge is 0.280 e. The van der Waals surface area contributed by atoms with Gasteiger partial charge in [0.25, 0.3) is 11.7 Å². The normalized spacial score (nSPS) is 10.8. The summed E-state index contributed by atoms with van der Waals surface area (Å²) in [6.45, 7) is 9.37. The van der Waals surface area contributed by atoms with E-state index in [2.05, 4.69) is 20.0 Å². The molecule has 0 aliphatic rings. The second kappa shape index (κ2) is 9.04. The predicted molar refractivity (Wildman–Crippen MR) is 119 cm³/mol. The van der Waals surface area contributed by atoms with Crippen LogP contribution >= 0.6 is 0 Å². The molecule has 2 aromatic carbocycles. The van der Waals surface area contributed by atoms with E-state index in [0.717, 1.165) is 0 Å². The Bertz CT molecular complexity index is 1390. The topological polar surface area (TPSA) is 75.5 Å². The number of carbonyl (C=O) groups excluding carboxylic acids is 1. The molecule has 2 heterocycles. The van der Waals surface area contributed by atoms with Crippen molar-refractivity contribution >= 4 is 22.6 Å². The van der Waals surface area contributed by atoms with Crippen molar-refractivity contribution in [1.82, 2.24) is 20.1 Å². The number of aromatic amines is 1. The Morgan fingerprint density at radius 1 is 1.24 bits per heavy atom. The monoisotopic (exact) mass is 447 g/mol. The number of carbonyl (C=O) groups is 1. The molecule has 4 rings (SSSR count). The van der Waals surface area contributed by atoms with E-state index in [-0.39, 0.29) is 30.3 Å². The van der Waals surface area contributed by atoms with Gasteiger partial charge in [0.1, 0.15) is 23.6 Å². The van der Waals surface area contributed by atoms with Crippen LogP contribution in [-0.2, 0) is 6.54 Å². The molecule has 0 atom stereocenters. The van der Waals surface area contributed by atoms with Crippen molar-refractivity contribution in [3.05, 3.63) is 83.0 Å². The lowest BCUT2D eigenvalue weighted by molar-refractivity contribution is 0.0780. The number of ether oxygens (including phenoxy) is 1. The van der Waals surface area contributed by atoms with E-state index in [1.54, 1.807) is 13.0 Å². The molecule has 4 aromatic rings. The third-order valence-corrected chi connectivity index (χ3v) is 5.14. The van der Waals surface area contributed by atoms with Crippen molar-refractivity contribution in [1.29, 1.82) is 0 Å². The van der Waals surface area contributed by atoms with Gasteiger partial charge in [-0.25, -0.2) is 8.78 Å². The van der Waals surface area contributed by atoms with Crippen LogP contribution in [0.1, 0.15) is 22.8 Å². The van der Waals surface area contributed by atoms with Crippen LogP contribution in [0.15, 0.2) is 48.8 Å². The molecule has 9 heteroatoms. The summed E-state index contributed by atoms with van der Waals surface area (Å²) in [5, 5.41) is 7.32. The minimum absolute atomic E-state index is 0.109. The van der Waals surface area contributed by atoms with Crippen molar-refractivity contribution in [3.63, 3.8) is 0 Å². The molecule has 2 aromatic heterocycles. The Kier molecular flexibility index (Phi) is 6.00. The van der Waals surface area contributed by atoms with Crippen molar-refractivity contribution < 1.29 is 18.3 Å². The molecule has 1 N–H and O–H groups in total. The maximum atomic E-state index is 15.0. The number of amides is 1. The lowest BCUT2D eigenvalue weighted by Crippen LogP contribution is -2.27. The zero-order chi connectivity index (χ0) is 23.5. The van der Waals surface area contributed by atoms with Gasteiger partial charge in [-0.15, -0.1) is 4.98 Å². The van der Waals surface area contributed by atoms with Gasteiger partial charge in [0.05, 0.1) is 24.2 Å². The minimum atomic E-state index is -0.747. The highest BCUT2D eigenvalue weighted by Gasteiger charge is 2.22. The van der Waals surface area contributed by atoms with Gasteiger partial charge in [0, 0.05) is 29.8 Å². The zero-order valence-corrected chi connectivity index (χ0v) is 17.9. The van der Waals surface area contributed by atoms with E-state index in [1.807, 2.05) is 0 Å². The highest BCUT2D eigenvalue weighted by Crippen LogP contribution is 2.34. The van der Waals surface area contributed by atoms with E-state index in [0.29, 0.717) is 27.6 Å². The standard InChI is InChI=1S/C24H19F2N5O2/c1-4-33-21-10-18(20(26)9-17(21)14-6-5-7-16(25)8-14)24(32)31(3)13-15-11-28-23(27-2)19-12-29-30-22(15)19/h5-12H,4,13H2,1,3H3,(H,29,30). The van der Waals surface area contributed by atoms with Crippen LogP contribution in [0.25, 0.3) is 26.9 Å². The van der Waals surface area contributed by atoms with E-state index in [9.17, 15) is 9.18 Å². The van der Waals surface area contributed by atoms with Crippen LogP contribution in [0.2, 0.25) is 0 Å². The van der Waals surface area contributed by atoms with Gasteiger partial charge in [0.2, 0.25) is 0 Å². The molecule has 0 unspecified atom stereocenters.